The second-order valence-corrected chi connectivity index (χ2v) is 9.88. The Morgan fingerprint density at radius 1 is 1.12 bits per heavy atom. The number of allylic oxidation sites excluding steroid dienone is 1. The minimum Gasteiger partial charge on any atom is -0.464 e. The molecule has 0 N–H and O–H groups in total. The maximum absolute atomic E-state index is 13.8. The average molecular weight is 449 g/mol. The van der Waals surface area contributed by atoms with Crippen LogP contribution in [0.25, 0.3) is 5.70 Å². The molecule has 2 aliphatic heterocycles. The number of aromatic nitrogens is 1. The van der Waals surface area contributed by atoms with Crippen LogP contribution < -0.4 is 4.90 Å². The molecule has 0 aromatic carbocycles. The Morgan fingerprint density at radius 2 is 1.81 bits per heavy atom. The lowest BCUT2D eigenvalue weighted by molar-refractivity contribution is -0.146. The van der Waals surface area contributed by atoms with Crippen LogP contribution in [-0.2, 0) is 9.47 Å². The predicted molar refractivity (Wildman–Crippen MR) is 115 cm³/mol. The number of rotatable bonds is 3. The van der Waals surface area contributed by atoms with Gasteiger partial charge in [0, 0.05) is 43.5 Å². The molecular formula is C23H29F2N3O4. The second kappa shape index (κ2) is 7.71. The summed E-state index contributed by atoms with van der Waals surface area (Å²) in [6.07, 6.45) is 2.20. The van der Waals surface area contributed by atoms with Crippen molar-refractivity contribution in [3.8, 4) is 0 Å². The first-order valence-electron chi connectivity index (χ1n) is 10.9. The molecule has 7 nitrogen and oxygen atoms in total. The summed E-state index contributed by atoms with van der Waals surface area (Å²) < 4.78 is 38.0. The molecule has 2 fully saturated rings. The third kappa shape index (κ3) is 4.29. The van der Waals surface area contributed by atoms with Gasteiger partial charge in [0.25, 0.3) is 0 Å². The first kappa shape index (κ1) is 22.5. The smallest absolute Gasteiger partial charge is 0.414 e. The quantitative estimate of drug-likeness (QED) is 0.634. The number of amides is 1. The summed E-state index contributed by atoms with van der Waals surface area (Å²) >= 11 is 0. The lowest BCUT2D eigenvalue weighted by Gasteiger charge is -2.50. The highest BCUT2D eigenvalue weighted by Gasteiger charge is 2.57. The summed E-state index contributed by atoms with van der Waals surface area (Å²) in [5.41, 5.74) is -0.0776. The molecule has 4 rings (SSSR count). The van der Waals surface area contributed by atoms with E-state index < -0.39 is 29.0 Å². The van der Waals surface area contributed by atoms with Crippen molar-refractivity contribution in [1.82, 2.24) is 9.88 Å². The number of hydrogen-bond acceptors (Lipinski definition) is 6. The minimum absolute atomic E-state index is 0.156. The topological polar surface area (TPSA) is 72.0 Å². The summed E-state index contributed by atoms with van der Waals surface area (Å²) in [6, 6.07) is 3.25. The lowest BCUT2D eigenvalue weighted by Crippen LogP contribution is -2.50. The van der Waals surface area contributed by atoms with E-state index in [-0.39, 0.29) is 25.1 Å². The Balaban J connectivity index is 1.78. The van der Waals surface area contributed by atoms with Crippen LogP contribution in [0, 0.1) is 5.41 Å². The first-order valence-corrected chi connectivity index (χ1v) is 10.9. The van der Waals surface area contributed by atoms with Gasteiger partial charge < -0.3 is 14.4 Å². The van der Waals surface area contributed by atoms with Gasteiger partial charge in [0.05, 0.1) is 12.8 Å². The highest BCUT2D eigenvalue weighted by molar-refractivity contribution is 5.91. The van der Waals surface area contributed by atoms with Gasteiger partial charge in [-0.25, -0.2) is 23.4 Å². The molecule has 1 aromatic heterocycles. The molecule has 0 unspecified atom stereocenters. The highest BCUT2D eigenvalue weighted by atomic mass is 19.3. The molecular weight excluding hydrogens is 420 g/mol. The van der Waals surface area contributed by atoms with E-state index in [1.165, 1.54) is 18.1 Å². The van der Waals surface area contributed by atoms with Crippen LogP contribution in [0.5, 0.6) is 0 Å². The number of ether oxygens (including phenoxy) is 2. The fourth-order valence-electron chi connectivity index (χ4n) is 4.52. The fraction of sp³-hybridized carbons (Fsp3) is 0.609. The largest absolute Gasteiger partial charge is 0.464 e. The van der Waals surface area contributed by atoms with Crippen LogP contribution in [0.4, 0.5) is 19.4 Å². The van der Waals surface area contributed by atoms with Gasteiger partial charge in [-0.1, -0.05) is 6.08 Å². The Bertz CT molecular complexity index is 958. The number of esters is 1. The number of carbonyl (C=O) groups is 2. The van der Waals surface area contributed by atoms with Crippen molar-refractivity contribution in [2.75, 3.05) is 31.6 Å². The molecule has 1 amide bonds. The Hall–Kier alpha value is -2.71. The van der Waals surface area contributed by atoms with Gasteiger partial charge in [-0.2, -0.15) is 0 Å². The summed E-state index contributed by atoms with van der Waals surface area (Å²) in [5.74, 6) is -2.71. The van der Waals surface area contributed by atoms with E-state index in [4.69, 9.17) is 9.47 Å². The lowest BCUT2D eigenvalue weighted by atomic mass is 9.62. The van der Waals surface area contributed by atoms with Crippen LogP contribution in [0.15, 0.2) is 18.2 Å². The second-order valence-electron chi connectivity index (χ2n) is 9.88. The van der Waals surface area contributed by atoms with Crippen LogP contribution in [0.1, 0.15) is 62.5 Å². The van der Waals surface area contributed by atoms with Crippen molar-refractivity contribution in [3.63, 3.8) is 0 Å². The zero-order chi connectivity index (χ0) is 23.3. The van der Waals surface area contributed by atoms with E-state index in [2.05, 4.69) is 4.98 Å². The number of hydrogen-bond donors (Lipinski definition) is 0. The van der Waals surface area contributed by atoms with Gasteiger partial charge in [0.15, 0.2) is 5.69 Å². The van der Waals surface area contributed by atoms with Crippen molar-refractivity contribution in [1.29, 1.82) is 0 Å². The number of anilines is 1. The predicted octanol–water partition coefficient (Wildman–Crippen LogP) is 4.48. The third-order valence-corrected chi connectivity index (χ3v) is 6.10. The highest BCUT2D eigenvalue weighted by Crippen LogP contribution is 2.58. The van der Waals surface area contributed by atoms with E-state index in [0.717, 1.165) is 19.5 Å². The number of pyridine rings is 1. The molecule has 1 spiro atoms. The molecule has 1 aliphatic carbocycles. The van der Waals surface area contributed by atoms with Crippen molar-refractivity contribution < 1.29 is 27.8 Å². The maximum atomic E-state index is 13.8. The number of nitrogens with zero attached hydrogens (tertiary/aromatic N) is 3. The van der Waals surface area contributed by atoms with Crippen LogP contribution in [0.3, 0.4) is 0 Å². The van der Waals surface area contributed by atoms with Gasteiger partial charge in [0.2, 0.25) is 5.92 Å². The molecule has 0 radical (unpaired) electrons. The number of halogens is 2. The summed E-state index contributed by atoms with van der Waals surface area (Å²) in [4.78, 5) is 33.1. The molecule has 3 heterocycles. The fourth-order valence-corrected chi connectivity index (χ4v) is 4.52. The summed E-state index contributed by atoms with van der Waals surface area (Å²) in [6.45, 7) is 7.13. The Kier molecular flexibility index (Phi) is 5.41. The zero-order valence-corrected chi connectivity index (χ0v) is 18.9. The first-order chi connectivity index (χ1) is 14.9. The van der Waals surface area contributed by atoms with E-state index in [9.17, 15) is 18.4 Å². The zero-order valence-electron chi connectivity index (χ0n) is 18.9. The molecule has 3 aliphatic rings. The van der Waals surface area contributed by atoms with Gasteiger partial charge in [-0.05, 0) is 45.7 Å². The standard InChI is InChI=1S/C23H29F2N3O4/c1-21(2,3)32-20(30)28-11-8-22(13-23(24,25)14-22)12-17(28)15-6-7-16(19(29)31-4)26-18(15)27-9-5-10-27/h6-7,12H,5,8-11,13-14H2,1-4H3. The number of methoxy groups -OCH3 is 1. The van der Waals surface area contributed by atoms with Gasteiger partial charge in [0.1, 0.15) is 11.4 Å². The van der Waals surface area contributed by atoms with E-state index in [1.807, 2.05) is 4.90 Å². The molecule has 1 saturated heterocycles. The van der Waals surface area contributed by atoms with E-state index in [0.29, 0.717) is 23.5 Å². The molecule has 9 heteroatoms. The minimum atomic E-state index is -2.69. The van der Waals surface area contributed by atoms with Crippen LogP contribution in [-0.4, -0.2) is 60.2 Å². The van der Waals surface area contributed by atoms with Crippen molar-refractivity contribution in [2.24, 2.45) is 5.41 Å². The molecule has 32 heavy (non-hydrogen) atoms. The number of carbonyl (C=O) groups excluding carboxylic acids is 2. The number of alkyl halides is 2. The Morgan fingerprint density at radius 3 is 2.34 bits per heavy atom. The molecule has 174 valence electrons. The molecule has 0 atom stereocenters. The van der Waals surface area contributed by atoms with Crippen LogP contribution in [0.2, 0.25) is 0 Å². The monoisotopic (exact) mass is 449 g/mol. The normalized spacial score (nSPS) is 21.4. The SMILES string of the molecule is COC(=O)c1ccc(C2=CC3(CCN2C(=O)OC(C)(C)C)CC(F)(F)C3)c(N2CCC2)n1. The molecule has 1 aromatic rings. The summed E-state index contributed by atoms with van der Waals surface area (Å²) in [5, 5.41) is 0. The van der Waals surface area contributed by atoms with Crippen molar-refractivity contribution >= 4 is 23.6 Å². The van der Waals surface area contributed by atoms with Gasteiger partial charge >= 0.3 is 12.1 Å². The maximum Gasteiger partial charge on any atom is 0.414 e. The summed E-state index contributed by atoms with van der Waals surface area (Å²) in [7, 11) is 1.29. The van der Waals surface area contributed by atoms with E-state index >= 15 is 0 Å². The van der Waals surface area contributed by atoms with Gasteiger partial charge in [-0.3, -0.25) is 4.90 Å². The molecule has 0 bridgehead atoms. The molecule has 1 saturated carbocycles. The Labute approximate surface area is 186 Å². The van der Waals surface area contributed by atoms with E-state index in [1.54, 1.807) is 32.9 Å². The van der Waals surface area contributed by atoms with Crippen molar-refractivity contribution in [2.45, 2.75) is 58.0 Å². The van der Waals surface area contributed by atoms with Crippen molar-refractivity contribution in [3.05, 3.63) is 29.5 Å². The van der Waals surface area contributed by atoms with Gasteiger partial charge in [-0.15, -0.1) is 0 Å². The third-order valence-electron chi connectivity index (χ3n) is 6.10. The van der Waals surface area contributed by atoms with Crippen LogP contribution >= 0.6 is 0 Å². The average Bonchev–Trinajstić information content (AvgIpc) is 2.63.